The number of methoxy groups -OCH3 is 1. The van der Waals surface area contributed by atoms with Gasteiger partial charge < -0.3 is 54.7 Å². The summed E-state index contributed by atoms with van der Waals surface area (Å²) < 4.78 is 23.4. The highest BCUT2D eigenvalue weighted by Gasteiger charge is 2.50. The number of aliphatic hydroxyl groups excluding tert-OH is 2. The Morgan fingerprint density at radius 1 is 0.949 bits per heavy atom. The van der Waals surface area contributed by atoms with Crippen molar-refractivity contribution in [3.63, 3.8) is 0 Å². The molecule has 5 bridgehead atoms. The van der Waals surface area contributed by atoms with Crippen LogP contribution in [0.25, 0.3) is 10.8 Å². The van der Waals surface area contributed by atoms with Gasteiger partial charge in [0.05, 0.1) is 53.0 Å². The van der Waals surface area contributed by atoms with Gasteiger partial charge in [0, 0.05) is 87.3 Å². The number of benzene rings is 2. The summed E-state index contributed by atoms with van der Waals surface area (Å²) in [6, 6.07) is 0. The molecule has 0 radical (unpaired) electrons. The van der Waals surface area contributed by atoms with Crippen LogP contribution in [0.5, 0.6) is 23.0 Å². The fourth-order valence-corrected chi connectivity index (χ4v) is 7.93. The Morgan fingerprint density at radius 2 is 1.59 bits per heavy atom. The standard InChI is InChI=1S/C43H58N4O12/c1-21-12-11-13-22(2)42(55)45-33-28(20-44-47-17-15-46(9)16-18-47)37(52)30-31(38(33)53)36(51)26(6)40-32(30)41(54)43(8,59-40)57-19-14-29(56-10)23(3)34(49)24(4)35(50)25(5)39(21)58-27(7)48/h11-14,19-21,23-25,29,34-35,39,49-53H,15-18H2,1-10H3,(H,45,55)/b12-11+,19-14+,22-13+,44-20+/t21-,23-,24-,25-,29-,34+,35+,39+,43-/m1/s1. The zero-order valence-corrected chi connectivity index (χ0v) is 35.3. The molecule has 2 aromatic carbocycles. The van der Waals surface area contributed by atoms with Crippen LogP contribution >= 0.6 is 0 Å². The molecule has 16 nitrogen and oxygen atoms in total. The van der Waals surface area contributed by atoms with Gasteiger partial charge in [-0.25, -0.2) is 0 Å². The van der Waals surface area contributed by atoms with Crippen molar-refractivity contribution < 1.29 is 58.9 Å². The van der Waals surface area contributed by atoms with E-state index in [2.05, 4.69) is 15.3 Å². The van der Waals surface area contributed by atoms with Gasteiger partial charge in [-0.15, -0.1) is 0 Å². The number of phenolic OH excluding ortho intramolecular Hbond substituents is 3. The Hall–Kier alpha value is -5.16. The average molecular weight is 823 g/mol. The molecule has 0 aromatic heterocycles. The number of rotatable bonds is 4. The molecule has 9 atom stereocenters. The lowest BCUT2D eigenvalue weighted by Gasteiger charge is -2.37. The lowest BCUT2D eigenvalue weighted by atomic mass is 9.78. The second kappa shape index (κ2) is 18.0. The quantitative estimate of drug-likeness (QED) is 0.109. The number of fused-ring (bicyclic) bond motifs is 14. The minimum Gasteiger partial charge on any atom is -0.507 e. The molecule has 2 aromatic rings. The first-order chi connectivity index (χ1) is 27.7. The maximum atomic E-state index is 14.4. The summed E-state index contributed by atoms with van der Waals surface area (Å²) in [5.41, 5.74) is -0.355. The van der Waals surface area contributed by atoms with Gasteiger partial charge in [-0.3, -0.25) is 19.4 Å². The van der Waals surface area contributed by atoms with Crippen LogP contribution in [0.3, 0.4) is 0 Å². The summed E-state index contributed by atoms with van der Waals surface area (Å²) in [4.78, 5) is 42.5. The van der Waals surface area contributed by atoms with E-state index in [-0.39, 0.29) is 44.5 Å². The number of piperazine rings is 1. The van der Waals surface area contributed by atoms with Crippen molar-refractivity contribution in [3.8, 4) is 23.0 Å². The number of hydrazone groups is 1. The molecule has 6 N–H and O–H groups in total. The predicted octanol–water partition coefficient (Wildman–Crippen LogP) is 4.34. The van der Waals surface area contributed by atoms with E-state index in [0.717, 1.165) is 13.1 Å². The van der Waals surface area contributed by atoms with Gasteiger partial charge in [-0.2, -0.15) is 5.10 Å². The molecular formula is C43H58N4O12. The Balaban J connectivity index is 1.70. The highest BCUT2D eigenvalue weighted by Crippen LogP contribution is 2.55. The molecule has 4 aliphatic rings. The van der Waals surface area contributed by atoms with Crippen LogP contribution in [0, 0.1) is 30.6 Å². The molecule has 0 saturated carbocycles. The number of hydrogen-bond donors (Lipinski definition) is 6. The average Bonchev–Trinajstić information content (AvgIpc) is 3.46. The van der Waals surface area contributed by atoms with E-state index in [1.165, 1.54) is 59.4 Å². The van der Waals surface area contributed by atoms with E-state index < -0.39 is 88.8 Å². The predicted molar refractivity (Wildman–Crippen MR) is 220 cm³/mol. The molecule has 6 rings (SSSR count). The van der Waals surface area contributed by atoms with Crippen molar-refractivity contribution in [2.45, 2.75) is 85.6 Å². The normalized spacial score (nSPS) is 32.1. The van der Waals surface area contributed by atoms with E-state index in [4.69, 9.17) is 18.9 Å². The summed E-state index contributed by atoms with van der Waals surface area (Å²) in [7, 11) is 3.42. The monoisotopic (exact) mass is 822 g/mol. The number of likely N-dealkylation sites (N-methyl/N-ethyl adjacent to an activating group) is 1. The smallest absolute Gasteiger partial charge is 0.312 e. The van der Waals surface area contributed by atoms with Gasteiger partial charge in [-0.1, -0.05) is 45.9 Å². The molecule has 4 aliphatic heterocycles. The summed E-state index contributed by atoms with van der Waals surface area (Å²) >= 11 is 0. The topological polar surface area (TPSA) is 220 Å². The van der Waals surface area contributed by atoms with Crippen LogP contribution < -0.4 is 10.1 Å². The number of aliphatic hydroxyl groups is 2. The second-order valence-electron chi connectivity index (χ2n) is 16.1. The second-order valence-corrected chi connectivity index (χ2v) is 16.1. The van der Waals surface area contributed by atoms with E-state index >= 15 is 0 Å². The number of aromatic hydroxyl groups is 3. The highest BCUT2D eigenvalue weighted by atomic mass is 16.7. The molecule has 4 heterocycles. The molecule has 1 fully saturated rings. The van der Waals surface area contributed by atoms with Gasteiger partial charge in [0.25, 0.3) is 11.7 Å². The van der Waals surface area contributed by atoms with E-state index in [9.17, 15) is 39.9 Å². The molecule has 1 saturated heterocycles. The zero-order valence-electron chi connectivity index (χ0n) is 35.3. The Kier molecular flexibility index (Phi) is 13.7. The number of hydrogen-bond acceptors (Lipinski definition) is 15. The molecule has 16 heteroatoms. The number of nitrogens with zero attached hydrogens (tertiary/aromatic N) is 3. The fraction of sp³-hybridized carbons (Fsp3) is 0.535. The minimum absolute atomic E-state index is 0.0594. The van der Waals surface area contributed by atoms with Crippen molar-refractivity contribution in [2.24, 2.45) is 28.8 Å². The molecule has 1 amide bonds. The maximum absolute atomic E-state index is 14.4. The van der Waals surface area contributed by atoms with Crippen molar-refractivity contribution in [2.75, 3.05) is 45.7 Å². The van der Waals surface area contributed by atoms with Crippen LogP contribution in [0.1, 0.15) is 70.0 Å². The van der Waals surface area contributed by atoms with Crippen LogP contribution in [0.4, 0.5) is 5.69 Å². The van der Waals surface area contributed by atoms with Crippen LogP contribution in [0.15, 0.2) is 41.2 Å². The third-order valence-electron chi connectivity index (χ3n) is 11.9. The fourth-order valence-electron chi connectivity index (χ4n) is 7.93. The lowest BCUT2D eigenvalue weighted by molar-refractivity contribution is -0.156. The number of esters is 1. The van der Waals surface area contributed by atoms with Crippen molar-refractivity contribution >= 4 is 40.3 Å². The van der Waals surface area contributed by atoms with Gasteiger partial charge >= 0.3 is 11.8 Å². The number of carbonyl (C=O) groups excluding carboxylic acids is 3. The van der Waals surface area contributed by atoms with Crippen molar-refractivity contribution in [3.05, 3.63) is 52.8 Å². The van der Waals surface area contributed by atoms with Crippen molar-refractivity contribution in [1.82, 2.24) is 9.91 Å². The molecule has 322 valence electrons. The van der Waals surface area contributed by atoms with Gasteiger partial charge in [0.1, 0.15) is 23.4 Å². The Labute approximate surface area is 344 Å². The number of carbonyl (C=O) groups is 3. The summed E-state index contributed by atoms with van der Waals surface area (Å²) in [6.07, 6.45) is 4.90. The molecule has 0 spiro atoms. The summed E-state index contributed by atoms with van der Waals surface area (Å²) in [5, 5.41) is 67.0. The van der Waals surface area contributed by atoms with E-state index in [0.29, 0.717) is 13.1 Å². The lowest BCUT2D eigenvalue weighted by Crippen LogP contribution is -2.46. The van der Waals surface area contributed by atoms with Crippen molar-refractivity contribution in [1.29, 1.82) is 0 Å². The Morgan fingerprint density at radius 3 is 2.22 bits per heavy atom. The van der Waals surface area contributed by atoms with Crippen LogP contribution in [0.2, 0.25) is 0 Å². The third kappa shape index (κ3) is 8.91. The van der Waals surface area contributed by atoms with E-state index in [1.54, 1.807) is 44.9 Å². The molecular weight excluding hydrogens is 764 g/mol. The van der Waals surface area contributed by atoms with Crippen LogP contribution in [-0.2, 0) is 23.8 Å². The Bertz CT molecular complexity index is 2070. The minimum atomic E-state index is -2.03. The number of phenols is 3. The summed E-state index contributed by atoms with van der Waals surface area (Å²) in [5.74, 6) is -8.30. The zero-order chi connectivity index (χ0) is 43.7. The number of amides is 1. The SMILES string of the molecule is CO[C@@H]1/C=C/O[C@]2(C)Oc3c(C)c(O)c4c(O)c(c(/C=N/N5CCN(C)CC5)c(O)c4c3C2=O)NC(=O)/C(C)=C/C=C/[C@@H](C)[C@H](OC(C)=O)[C@H](C)[C@@H](O)[C@H](C)[C@@H](O)[C@@H]1C. The highest BCUT2D eigenvalue weighted by molar-refractivity contribution is 6.23. The third-order valence-corrected chi connectivity index (χ3v) is 11.9. The maximum Gasteiger partial charge on any atom is 0.312 e. The van der Waals surface area contributed by atoms with Crippen LogP contribution in [-0.4, -0.2) is 130 Å². The number of ketones is 1. The van der Waals surface area contributed by atoms with Gasteiger partial charge in [0.15, 0.2) is 5.75 Å². The molecule has 59 heavy (non-hydrogen) atoms. The molecule has 0 aliphatic carbocycles. The van der Waals surface area contributed by atoms with E-state index in [1.807, 2.05) is 7.05 Å². The first-order valence-electron chi connectivity index (χ1n) is 19.8. The first-order valence-corrected chi connectivity index (χ1v) is 19.8. The number of Topliss-reactive ketones (excluding diaryl/α,β-unsaturated/α-hetero) is 1. The summed E-state index contributed by atoms with van der Waals surface area (Å²) in [6.45, 7) is 15.1. The largest absolute Gasteiger partial charge is 0.507 e. The van der Waals surface area contributed by atoms with Gasteiger partial charge in [0.2, 0.25) is 0 Å². The van der Waals surface area contributed by atoms with Gasteiger partial charge in [-0.05, 0) is 27.0 Å². The number of allylic oxidation sites excluding steroid dienone is 2. The first kappa shape index (κ1) is 44.9. The molecule has 0 unspecified atom stereocenters. The number of ether oxygens (including phenoxy) is 4. The number of nitrogens with one attached hydrogen (secondary N) is 1. The number of anilines is 1.